The van der Waals surface area contributed by atoms with Crippen molar-refractivity contribution in [3.05, 3.63) is 41.2 Å². The molecule has 0 spiro atoms. The zero-order valence-corrected chi connectivity index (χ0v) is 11.9. The largest absolute Gasteiger partial charge is 0.481 e. The summed E-state index contributed by atoms with van der Waals surface area (Å²) in [6.45, 7) is 2.03. The standard InChI is InChI=1S/C13H13ClN2O2S/c1-2-10-7-15-13(19-8-12(17)18)16(10)11-5-3-4-9(14)6-11/h3-7H,2,8H2,1H3,(H,17,18). The van der Waals surface area contributed by atoms with Crippen LogP contribution in [0.5, 0.6) is 0 Å². The maximum absolute atomic E-state index is 10.7. The predicted molar refractivity (Wildman–Crippen MR) is 76.3 cm³/mol. The molecule has 0 atom stereocenters. The summed E-state index contributed by atoms with van der Waals surface area (Å²) in [5, 5.41) is 10.1. The van der Waals surface area contributed by atoms with E-state index in [-0.39, 0.29) is 5.75 Å². The monoisotopic (exact) mass is 296 g/mol. The maximum atomic E-state index is 10.7. The SMILES string of the molecule is CCc1cnc(SCC(=O)O)n1-c1cccc(Cl)c1. The van der Waals surface area contributed by atoms with Gasteiger partial charge in [-0.05, 0) is 24.6 Å². The van der Waals surface area contributed by atoms with Crippen molar-refractivity contribution in [2.75, 3.05) is 5.75 Å². The van der Waals surface area contributed by atoms with E-state index in [0.29, 0.717) is 10.2 Å². The highest BCUT2D eigenvalue weighted by molar-refractivity contribution is 7.99. The molecule has 0 aliphatic heterocycles. The van der Waals surface area contributed by atoms with Crippen molar-refractivity contribution < 1.29 is 9.90 Å². The van der Waals surface area contributed by atoms with Crippen LogP contribution in [0.3, 0.4) is 0 Å². The number of imidazole rings is 1. The lowest BCUT2D eigenvalue weighted by atomic mass is 10.3. The summed E-state index contributed by atoms with van der Waals surface area (Å²) in [6.07, 6.45) is 2.58. The summed E-state index contributed by atoms with van der Waals surface area (Å²) in [7, 11) is 0. The van der Waals surface area contributed by atoms with E-state index in [2.05, 4.69) is 4.98 Å². The van der Waals surface area contributed by atoms with Crippen molar-refractivity contribution in [2.45, 2.75) is 18.5 Å². The Hall–Kier alpha value is -1.46. The Labute approximate surface area is 120 Å². The topological polar surface area (TPSA) is 55.1 Å². The summed E-state index contributed by atoms with van der Waals surface area (Å²) >= 11 is 7.20. The molecule has 100 valence electrons. The van der Waals surface area contributed by atoms with E-state index in [1.54, 1.807) is 12.3 Å². The minimum absolute atomic E-state index is 0.0132. The van der Waals surface area contributed by atoms with Crippen LogP contribution in [0.1, 0.15) is 12.6 Å². The lowest BCUT2D eigenvalue weighted by Crippen LogP contribution is -2.04. The number of halogens is 1. The Morgan fingerprint density at radius 2 is 2.32 bits per heavy atom. The number of carboxylic acids is 1. The van der Waals surface area contributed by atoms with Gasteiger partial charge in [0.15, 0.2) is 5.16 Å². The number of aryl methyl sites for hydroxylation is 1. The Morgan fingerprint density at radius 3 is 2.95 bits per heavy atom. The van der Waals surface area contributed by atoms with Gasteiger partial charge in [0.05, 0.1) is 5.75 Å². The molecule has 0 saturated carbocycles. The van der Waals surface area contributed by atoms with Gasteiger partial charge in [0.25, 0.3) is 0 Å². The Balaban J connectivity index is 2.41. The first-order valence-corrected chi connectivity index (χ1v) is 7.15. The molecule has 0 aliphatic rings. The highest BCUT2D eigenvalue weighted by Gasteiger charge is 2.12. The lowest BCUT2D eigenvalue weighted by Gasteiger charge is -2.10. The fraction of sp³-hybridized carbons (Fsp3) is 0.231. The van der Waals surface area contributed by atoms with Crippen LogP contribution in [0.4, 0.5) is 0 Å². The lowest BCUT2D eigenvalue weighted by molar-refractivity contribution is -0.133. The van der Waals surface area contributed by atoms with Crippen LogP contribution in [0.25, 0.3) is 5.69 Å². The molecule has 0 aliphatic carbocycles. The highest BCUT2D eigenvalue weighted by Crippen LogP contribution is 2.25. The summed E-state index contributed by atoms with van der Waals surface area (Å²) in [4.78, 5) is 15.0. The van der Waals surface area contributed by atoms with Gasteiger partial charge < -0.3 is 5.11 Å². The molecule has 0 amide bonds. The molecule has 1 N–H and O–H groups in total. The van der Waals surface area contributed by atoms with Gasteiger partial charge in [-0.15, -0.1) is 0 Å². The number of rotatable bonds is 5. The molecule has 0 unspecified atom stereocenters. The van der Waals surface area contributed by atoms with Crippen molar-refractivity contribution in [3.63, 3.8) is 0 Å². The number of nitrogens with zero attached hydrogens (tertiary/aromatic N) is 2. The van der Waals surface area contributed by atoms with E-state index in [9.17, 15) is 4.79 Å². The van der Waals surface area contributed by atoms with Crippen molar-refractivity contribution in [2.24, 2.45) is 0 Å². The van der Waals surface area contributed by atoms with Crippen LogP contribution >= 0.6 is 23.4 Å². The molecule has 2 aromatic rings. The molecule has 0 fully saturated rings. The molecular weight excluding hydrogens is 284 g/mol. The average Bonchev–Trinajstić information content (AvgIpc) is 2.79. The van der Waals surface area contributed by atoms with E-state index in [1.165, 1.54) is 11.8 Å². The first-order valence-electron chi connectivity index (χ1n) is 5.79. The van der Waals surface area contributed by atoms with Gasteiger partial charge in [0, 0.05) is 22.6 Å². The van der Waals surface area contributed by atoms with Gasteiger partial charge in [-0.25, -0.2) is 4.98 Å². The first kappa shape index (κ1) is 14.0. The molecule has 1 aromatic carbocycles. The van der Waals surface area contributed by atoms with Crippen LogP contribution in [0, 0.1) is 0 Å². The first-order chi connectivity index (χ1) is 9.11. The number of benzene rings is 1. The molecule has 6 heteroatoms. The number of hydrogen-bond donors (Lipinski definition) is 1. The zero-order chi connectivity index (χ0) is 13.8. The molecule has 2 rings (SSSR count). The summed E-state index contributed by atoms with van der Waals surface area (Å²) in [5.74, 6) is -0.871. The molecular formula is C13H13ClN2O2S. The molecule has 1 heterocycles. The van der Waals surface area contributed by atoms with Crippen LogP contribution in [0.15, 0.2) is 35.6 Å². The molecule has 0 saturated heterocycles. The molecule has 0 radical (unpaired) electrons. The van der Waals surface area contributed by atoms with Crippen molar-refractivity contribution >= 4 is 29.3 Å². The van der Waals surface area contributed by atoms with Gasteiger partial charge in [-0.1, -0.05) is 36.4 Å². The Bertz CT molecular complexity index is 598. The van der Waals surface area contributed by atoms with Gasteiger partial charge >= 0.3 is 5.97 Å². The van der Waals surface area contributed by atoms with Crippen molar-refractivity contribution in [3.8, 4) is 5.69 Å². The Kier molecular flexibility index (Phi) is 4.50. The highest BCUT2D eigenvalue weighted by atomic mass is 35.5. The van der Waals surface area contributed by atoms with Gasteiger partial charge in [0.1, 0.15) is 0 Å². The van der Waals surface area contributed by atoms with E-state index >= 15 is 0 Å². The quantitative estimate of drug-likeness (QED) is 0.861. The number of thioether (sulfide) groups is 1. The summed E-state index contributed by atoms with van der Waals surface area (Å²) in [6, 6.07) is 7.44. The number of aliphatic carboxylic acids is 1. The third kappa shape index (κ3) is 3.30. The average molecular weight is 297 g/mol. The number of carbonyl (C=O) groups is 1. The second-order valence-corrected chi connectivity index (χ2v) is 5.26. The molecule has 19 heavy (non-hydrogen) atoms. The third-order valence-electron chi connectivity index (χ3n) is 2.56. The summed E-state index contributed by atoms with van der Waals surface area (Å²) in [5.41, 5.74) is 1.92. The molecule has 0 bridgehead atoms. The molecule has 4 nitrogen and oxygen atoms in total. The van der Waals surface area contributed by atoms with Gasteiger partial charge in [-0.3, -0.25) is 9.36 Å². The van der Waals surface area contributed by atoms with Crippen LogP contribution < -0.4 is 0 Å². The maximum Gasteiger partial charge on any atom is 0.313 e. The fourth-order valence-corrected chi connectivity index (χ4v) is 2.65. The second-order valence-electron chi connectivity index (χ2n) is 3.88. The smallest absolute Gasteiger partial charge is 0.313 e. The number of carboxylic acid groups (broad SMARTS) is 1. The van der Waals surface area contributed by atoms with Crippen LogP contribution in [0.2, 0.25) is 5.02 Å². The normalized spacial score (nSPS) is 10.6. The van der Waals surface area contributed by atoms with Gasteiger partial charge in [-0.2, -0.15) is 0 Å². The zero-order valence-electron chi connectivity index (χ0n) is 10.3. The fourth-order valence-electron chi connectivity index (χ4n) is 1.74. The van der Waals surface area contributed by atoms with Crippen LogP contribution in [-0.4, -0.2) is 26.4 Å². The molecule has 1 aromatic heterocycles. The second kappa shape index (κ2) is 6.12. The van der Waals surface area contributed by atoms with Crippen molar-refractivity contribution in [1.82, 2.24) is 9.55 Å². The van der Waals surface area contributed by atoms with Crippen LogP contribution in [-0.2, 0) is 11.2 Å². The third-order valence-corrected chi connectivity index (χ3v) is 3.73. The minimum atomic E-state index is -0.858. The predicted octanol–water partition coefficient (Wildman–Crippen LogP) is 3.26. The summed E-state index contributed by atoms with van der Waals surface area (Å²) < 4.78 is 1.94. The minimum Gasteiger partial charge on any atom is -0.481 e. The van der Waals surface area contributed by atoms with E-state index in [0.717, 1.165) is 17.8 Å². The van der Waals surface area contributed by atoms with E-state index < -0.39 is 5.97 Å². The van der Waals surface area contributed by atoms with Crippen molar-refractivity contribution in [1.29, 1.82) is 0 Å². The van der Waals surface area contributed by atoms with Gasteiger partial charge in [0.2, 0.25) is 0 Å². The number of hydrogen-bond acceptors (Lipinski definition) is 3. The van der Waals surface area contributed by atoms with E-state index in [1.807, 2.05) is 29.7 Å². The van der Waals surface area contributed by atoms with E-state index in [4.69, 9.17) is 16.7 Å². The number of aromatic nitrogens is 2. The Morgan fingerprint density at radius 1 is 1.53 bits per heavy atom.